The molecule has 6 heteroatoms. The minimum Gasteiger partial charge on any atom is -0.479 e. The zero-order chi connectivity index (χ0) is 17.6. The fourth-order valence-corrected chi connectivity index (χ4v) is 1.99. The molecular formula is C17H21ClO5. The number of carbonyl (C=O) groups is 2. The molecule has 0 aliphatic heterocycles. The van der Waals surface area contributed by atoms with Gasteiger partial charge in [-0.05, 0) is 57.0 Å². The van der Waals surface area contributed by atoms with Crippen LogP contribution in [-0.4, -0.2) is 30.8 Å². The largest absolute Gasteiger partial charge is 0.479 e. The van der Waals surface area contributed by atoms with Crippen molar-refractivity contribution in [2.75, 3.05) is 6.61 Å². The number of aryl methyl sites for hydroxylation is 1. The van der Waals surface area contributed by atoms with Gasteiger partial charge in [-0.15, -0.1) is 0 Å². The van der Waals surface area contributed by atoms with Crippen molar-refractivity contribution in [3.05, 3.63) is 40.9 Å². The van der Waals surface area contributed by atoms with Gasteiger partial charge in [-0.3, -0.25) is 0 Å². The molecule has 0 aliphatic rings. The average molecular weight is 341 g/mol. The van der Waals surface area contributed by atoms with Crippen molar-refractivity contribution in [1.29, 1.82) is 0 Å². The zero-order valence-corrected chi connectivity index (χ0v) is 14.5. The van der Waals surface area contributed by atoms with Gasteiger partial charge < -0.3 is 14.2 Å². The third kappa shape index (κ3) is 5.60. The predicted octanol–water partition coefficient (Wildman–Crippen LogP) is 3.47. The van der Waals surface area contributed by atoms with Gasteiger partial charge in [-0.1, -0.05) is 18.2 Å². The first-order chi connectivity index (χ1) is 10.8. The molecule has 1 rings (SSSR count). The van der Waals surface area contributed by atoms with E-state index in [1.807, 2.05) is 6.92 Å². The molecule has 0 amide bonds. The van der Waals surface area contributed by atoms with E-state index in [0.717, 1.165) is 5.56 Å². The lowest BCUT2D eigenvalue weighted by atomic mass is 10.2. The van der Waals surface area contributed by atoms with E-state index in [-0.39, 0.29) is 6.61 Å². The van der Waals surface area contributed by atoms with Crippen LogP contribution < -0.4 is 4.74 Å². The van der Waals surface area contributed by atoms with Gasteiger partial charge in [0, 0.05) is 5.02 Å². The number of halogens is 1. The summed E-state index contributed by atoms with van der Waals surface area (Å²) in [7, 11) is 0. The monoisotopic (exact) mass is 340 g/mol. The molecule has 0 aliphatic carbocycles. The number of benzene rings is 1. The van der Waals surface area contributed by atoms with Crippen LogP contribution in [0.3, 0.4) is 0 Å². The Hall–Kier alpha value is -2.01. The lowest BCUT2D eigenvalue weighted by Crippen LogP contribution is -2.35. The zero-order valence-electron chi connectivity index (χ0n) is 13.7. The van der Waals surface area contributed by atoms with Crippen LogP contribution in [0.4, 0.5) is 0 Å². The Labute approximate surface area is 141 Å². The first kappa shape index (κ1) is 19.0. The second-order valence-electron chi connectivity index (χ2n) is 5.09. The maximum atomic E-state index is 12.1. The first-order valence-electron chi connectivity index (χ1n) is 7.21. The van der Waals surface area contributed by atoms with Gasteiger partial charge in [0.05, 0.1) is 6.61 Å². The summed E-state index contributed by atoms with van der Waals surface area (Å²) in [4.78, 5) is 23.9. The smallest absolute Gasteiger partial charge is 0.351 e. The van der Waals surface area contributed by atoms with Crippen LogP contribution in [-0.2, 0) is 19.1 Å². The van der Waals surface area contributed by atoms with Crippen LogP contribution in [0.25, 0.3) is 0 Å². The lowest BCUT2D eigenvalue weighted by Gasteiger charge is -2.20. The third-order valence-electron chi connectivity index (χ3n) is 2.95. The van der Waals surface area contributed by atoms with E-state index in [1.54, 1.807) is 32.0 Å². The summed E-state index contributed by atoms with van der Waals surface area (Å²) < 4.78 is 15.6. The van der Waals surface area contributed by atoms with Crippen LogP contribution >= 0.6 is 11.6 Å². The summed E-state index contributed by atoms with van der Waals surface area (Å²) in [6.45, 7) is 10.4. The number of hydrogen-bond acceptors (Lipinski definition) is 5. The average Bonchev–Trinajstić information content (AvgIpc) is 2.47. The molecule has 2 atom stereocenters. The molecule has 0 fully saturated rings. The van der Waals surface area contributed by atoms with E-state index in [1.165, 1.54) is 6.92 Å². The highest BCUT2D eigenvalue weighted by molar-refractivity contribution is 6.30. The summed E-state index contributed by atoms with van der Waals surface area (Å²) in [6, 6.07) is 5.06. The van der Waals surface area contributed by atoms with Crippen molar-refractivity contribution in [2.24, 2.45) is 0 Å². The van der Waals surface area contributed by atoms with Crippen LogP contribution in [0.2, 0.25) is 5.02 Å². The lowest BCUT2D eigenvalue weighted by molar-refractivity contribution is -0.168. The first-order valence-corrected chi connectivity index (χ1v) is 7.59. The Morgan fingerprint density at radius 3 is 2.48 bits per heavy atom. The molecule has 0 spiro atoms. The van der Waals surface area contributed by atoms with Gasteiger partial charge in [-0.25, -0.2) is 9.59 Å². The van der Waals surface area contributed by atoms with E-state index in [2.05, 4.69) is 6.58 Å². The normalized spacial score (nSPS) is 12.9. The quantitative estimate of drug-likeness (QED) is 0.562. The Morgan fingerprint density at radius 2 is 1.96 bits per heavy atom. The van der Waals surface area contributed by atoms with Crippen molar-refractivity contribution >= 4 is 23.5 Å². The Balaban J connectivity index is 2.75. The highest BCUT2D eigenvalue weighted by Gasteiger charge is 2.28. The molecule has 126 valence electrons. The van der Waals surface area contributed by atoms with E-state index in [9.17, 15) is 9.59 Å². The summed E-state index contributed by atoms with van der Waals surface area (Å²) in [6.07, 6.45) is -2.04. The molecule has 0 aromatic heterocycles. The van der Waals surface area contributed by atoms with E-state index >= 15 is 0 Å². The van der Waals surface area contributed by atoms with Crippen molar-refractivity contribution in [3.8, 4) is 5.75 Å². The summed E-state index contributed by atoms with van der Waals surface area (Å²) in [5, 5.41) is 0.578. The van der Waals surface area contributed by atoms with Crippen molar-refractivity contribution in [1.82, 2.24) is 0 Å². The third-order valence-corrected chi connectivity index (χ3v) is 3.19. The molecule has 5 nitrogen and oxygen atoms in total. The second-order valence-corrected chi connectivity index (χ2v) is 5.52. The molecule has 0 saturated heterocycles. The van der Waals surface area contributed by atoms with Gasteiger partial charge in [-0.2, -0.15) is 0 Å². The number of esters is 2. The highest BCUT2D eigenvalue weighted by atomic mass is 35.5. The molecule has 23 heavy (non-hydrogen) atoms. The Bertz CT molecular complexity index is 597. The van der Waals surface area contributed by atoms with Gasteiger partial charge in [0.1, 0.15) is 5.75 Å². The molecule has 0 N–H and O–H groups in total. The topological polar surface area (TPSA) is 61.8 Å². The molecular weight excluding hydrogens is 320 g/mol. The number of hydrogen-bond donors (Lipinski definition) is 0. The van der Waals surface area contributed by atoms with Gasteiger partial charge >= 0.3 is 11.9 Å². The summed E-state index contributed by atoms with van der Waals surface area (Å²) >= 11 is 5.88. The maximum Gasteiger partial charge on any atom is 0.351 e. The fraction of sp³-hybridized carbons (Fsp3) is 0.412. The molecule has 2 unspecified atom stereocenters. The van der Waals surface area contributed by atoms with E-state index in [4.69, 9.17) is 25.8 Å². The van der Waals surface area contributed by atoms with Crippen LogP contribution in [0.5, 0.6) is 5.75 Å². The second kappa shape index (κ2) is 8.58. The van der Waals surface area contributed by atoms with Crippen LogP contribution in [0.1, 0.15) is 26.3 Å². The highest BCUT2D eigenvalue weighted by Crippen LogP contribution is 2.23. The molecule has 0 radical (unpaired) electrons. The molecule has 0 saturated carbocycles. The minimum absolute atomic E-state index is 0.191. The maximum absolute atomic E-state index is 12.1. The number of carbonyl (C=O) groups excluding carboxylic acids is 2. The van der Waals surface area contributed by atoms with E-state index in [0.29, 0.717) is 16.3 Å². The number of ether oxygens (including phenoxy) is 3. The van der Waals surface area contributed by atoms with Crippen LogP contribution in [0.15, 0.2) is 30.4 Å². The minimum atomic E-state index is -1.14. The predicted molar refractivity (Wildman–Crippen MR) is 87.6 cm³/mol. The molecule has 0 bridgehead atoms. The Morgan fingerprint density at radius 1 is 1.30 bits per heavy atom. The fourth-order valence-electron chi connectivity index (χ4n) is 1.76. The van der Waals surface area contributed by atoms with Crippen molar-refractivity contribution in [2.45, 2.75) is 39.9 Å². The van der Waals surface area contributed by atoms with Crippen molar-refractivity contribution in [3.63, 3.8) is 0 Å². The summed E-state index contributed by atoms with van der Waals surface area (Å²) in [5.74, 6) is -0.814. The summed E-state index contributed by atoms with van der Waals surface area (Å²) in [5.41, 5.74) is 1.17. The number of rotatable bonds is 7. The molecule has 1 aromatic carbocycles. The van der Waals surface area contributed by atoms with Crippen LogP contribution in [0, 0.1) is 6.92 Å². The Kier molecular flexibility index (Phi) is 7.10. The van der Waals surface area contributed by atoms with Gasteiger partial charge in [0.2, 0.25) is 6.10 Å². The van der Waals surface area contributed by atoms with Crippen molar-refractivity contribution < 1.29 is 23.8 Å². The standard InChI is InChI=1S/C17H21ClO5/c1-6-21-17(20)15(10(2)3)23-16(19)12(5)22-14-8-7-13(18)9-11(14)4/h7-9,12,15H,2,6H2,1,3-5H3. The SMILES string of the molecule is C=C(C)C(OC(=O)C(C)Oc1ccc(Cl)cc1C)C(=O)OCC. The molecule has 0 heterocycles. The van der Waals surface area contributed by atoms with Gasteiger partial charge in [0.15, 0.2) is 6.10 Å². The molecule has 1 aromatic rings. The van der Waals surface area contributed by atoms with E-state index < -0.39 is 24.1 Å². The van der Waals surface area contributed by atoms with Gasteiger partial charge in [0.25, 0.3) is 0 Å².